The quantitative estimate of drug-likeness (QED) is 0.431. The minimum absolute atomic E-state index is 0.0513. The molecule has 2 N–H and O–H groups in total. The van der Waals surface area contributed by atoms with E-state index in [9.17, 15) is 13.2 Å². The van der Waals surface area contributed by atoms with Crippen LogP contribution in [-0.4, -0.2) is 14.3 Å². The Morgan fingerprint density at radius 3 is 2.34 bits per heavy atom. The lowest BCUT2D eigenvalue weighted by atomic mass is 10.2. The second kappa shape index (κ2) is 8.75. The molecule has 29 heavy (non-hydrogen) atoms. The van der Waals surface area contributed by atoms with Crippen molar-refractivity contribution < 1.29 is 13.2 Å². The van der Waals surface area contributed by atoms with Gasteiger partial charge in [-0.05, 0) is 67.1 Å². The number of halogens is 3. The van der Waals surface area contributed by atoms with E-state index < -0.39 is 15.9 Å². The molecule has 0 radical (unpaired) electrons. The third-order valence-electron chi connectivity index (χ3n) is 4.11. The normalized spacial score (nSPS) is 11.2. The molecule has 0 aliphatic rings. The molecule has 0 atom stereocenters. The number of amides is 1. The molecule has 3 aromatic rings. The number of carbonyl (C=O) groups is 1. The van der Waals surface area contributed by atoms with Crippen LogP contribution in [0, 0.1) is 6.92 Å². The Labute approximate surface area is 187 Å². The minimum atomic E-state index is -3.81. The van der Waals surface area contributed by atoms with Crippen LogP contribution >= 0.6 is 39.1 Å². The summed E-state index contributed by atoms with van der Waals surface area (Å²) in [4.78, 5) is 12.5. The topological polar surface area (TPSA) is 75.3 Å². The molecule has 9 heteroatoms. The van der Waals surface area contributed by atoms with Crippen molar-refractivity contribution in [2.24, 2.45) is 0 Å². The van der Waals surface area contributed by atoms with E-state index in [1.54, 1.807) is 43.3 Å². The molecule has 1 amide bonds. The van der Waals surface area contributed by atoms with E-state index in [2.05, 4.69) is 26.0 Å². The molecule has 0 saturated carbocycles. The van der Waals surface area contributed by atoms with Gasteiger partial charge in [-0.1, -0.05) is 45.2 Å². The highest BCUT2D eigenvalue weighted by atomic mass is 79.9. The average Bonchev–Trinajstić information content (AvgIpc) is 2.67. The molecule has 5 nitrogen and oxygen atoms in total. The van der Waals surface area contributed by atoms with Gasteiger partial charge in [0.2, 0.25) is 0 Å². The first-order valence-corrected chi connectivity index (χ1v) is 11.3. The number of anilines is 2. The maximum absolute atomic E-state index is 12.6. The van der Waals surface area contributed by atoms with Crippen molar-refractivity contribution in [3.8, 4) is 0 Å². The third kappa shape index (κ3) is 5.11. The van der Waals surface area contributed by atoms with Crippen molar-refractivity contribution >= 4 is 66.4 Å². The highest BCUT2D eigenvalue weighted by Crippen LogP contribution is 2.26. The summed E-state index contributed by atoms with van der Waals surface area (Å²) in [6.07, 6.45) is 0. The van der Waals surface area contributed by atoms with Crippen LogP contribution in [0.2, 0.25) is 10.0 Å². The zero-order valence-corrected chi connectivity index (χ0v) is 19.0. The van der Waals surface area contributed by atoms with Gasteiger partial charge >= 0.3 is 0 Å². The molecule has 150 valence electrons. The summed E-state index contributed by atoms with van der Waals surface area (Å²) in [5.74, 6) is -0.403. The predicted molar refractivity (Wildman–Crippen MR) is 121 cm³/mol. The Kier molecular flexibility index (Phi) is 6.53. The first-order chi connectivity index (χ1) is 13.7. The molecule has 3 aromatic carbocycles. The molecule has 0 bridgehead atoms. The van der Waals surface area contributed by atoms with Gasteiger partial charge in [0.15, 0.2) is 0 Å². The largest absolute Gasteiger partial charge is 0.322 e. The average molecular weight is 514 g/mol. The number of rotatable bonds is 5. The van der Waals surface area contributed by atoms with Gasteiger partial charge < -0.3 is 5.32 Å². The number of sulfonamides is 1. The van der Waals surface area contributed by atoms with E-state index in [1.165, 1.54) is 24.3 Å². The molecule has 3 rings (SSSR count). The molecule has 0 spiro atoms. The second-order valence-corrected chi connectivity index (χ2v) is 9.53. The molecule has 0 aromatic heterocycles. The summed E-state index contributed by atoms with van der Waals surface area (Å²) in [6.45, 7) is 1.73. The van der Waals surface area contributed by atoms with Crippen LogP contribution in [0.1, 0.15) is 15.9 Å². The first kappa shape index (κ1) is 21.6. The maximum atomic E-state index is 12.6. The fourth-order valence-corrected chi connectivity index (χ4v) is 4.37. The Morgan fingerprint density at radius 1 is 0.966 bits per heavy atom. The summed E-state index contributed by atoms with van der Waals surface area (Å²) in [7, 11) is -3.81. The van der Waals surface area contributed by atoms with Gasteiger partial charge in [-0.25, -0.2) is 8.42 Å². The van der Waals surface area contributed by atoms with Gasteiger partial charge in [0.1, 0.15) is 0 Å². The highest BCUT2D eigenvalue weighted by molar-refractivity contribution is 9.10. The molecule has 0 unspecified atom stereocenters. The van der Waals surface area contributed by atoms with Gasteiger partial charge in [-0.2, -0.15) is 0 Å². The molecular formula is C20H15BrCl2N2O3S. The van der Waals surface area contributed by atoms with E-state index in [1.807, 2.05) is 0 Å². The second-order valence-electron chi connectivity index (χ2n) is 6.12. The fraction of sp³-hybridized carbons (Fsp3) is 0.0500. The van der Waals surface area contributed by atoms with Crippen molar-refractivity contribution in [2.45, 2.75) is 11.8 Å². The molecule has 0 aliphatic carbocycles. The molecular weight excluding hydrogens is 499 g/mol. The van der Waals surface area contributed by atoms with Crippen LogP contribution in [0.3, 0.4) is 0 Å². The summed E-state index contributed by atoms with van der Waals surface area (Å²) in [5, 5.41) is 3.47. The van der Waals surface area contributed by atoms with Gasteiger partial charge in [0.25, 0.3) is 15.9 Å². The van der Waals surface area contributed by atoms with E-state index >= 15 is 0 Å². The monoisotopic (exact) mass is 512 g/mol. The van der Waals surface area contributed by atoms with Crippen molar-refractivity contribution in [2.75, 3.05) is 10.0 Å². The van der Waals surface area contributed by atoms with Gasteiger partial charge in [0, 0.05) is 15.2 Å². The molecule has 0 heterocycles. The number of hydrogen-bond donors (Lipinski definition) is 2. The summed E-state index contributed by atoms with van der Waals surface area (Å²) in [6, 6.07) is 15.7. The standard InChI is InChI=1S/C20H15BrCl2N2O3S/c1-12-17(22)3-2-4-19(12)25-29(27,28)15-8-6-14(7-9-15)24-20(26)16-11-13(21)5-10-18(16)23/h2-11,25H,1H3,(H,24,26). The number of nitrogens with one attached hydrogen (secondary N) is 2. The lowest BCUT2D eigenvalue weighted by molar-refractivity contribution is 0.102. The van der Waals surface area contributed by atoms with E-state index in [-0.39, 0.29) is 4.90 Å². The van der Waals surface area contributed by atoms with Crippen LogP contribution in [0.5, 0.6) is 0 Å². The lowest BCUT2D eigenvalue weighted by Crippen LogP contribution is -2.15. The Morgan fingerprint density at radius 2 is 1.66 bits per heavy atom. The summed E-state index contributed by atoms with van der Waals surface area (Å²) < 4.78 is 28.5. The van der Waals surface area contributed by atoms with E-state index in [0.717, 1.165) is 4.47 Å². The maximum Gasteiger partial charge on any atom is 0.261 e. The van der Waals surface area contributed by atoms with Crippen LogP contribution in [-0.2, 0) is 10.0 Å². The zero-order chi connectivity index (χ0) is 21.2. The van der Waals surface area contributed by atoms with Crippen molar-refractivity contribution in [3.05, 3.63) is 86.3 Å². The van der Waals surface area contributed by atoms with Crippen molar-refractivity contribution in [1.82, 2.24) is 0 Å². The van der Waals surface area contributed by atoms with Crippen LogP contribution in [0.15, 0.2) is 70.0 Å². The smallest absolute Gasteiger partial charge is 0.261 e. The highest BCUT2D eigenvalue weighted by Gasteiger charge is 2.17. The van der Waals surface area contributed by atoms with Gasteiger partial charge in [-0.15, -0.1) is 0 Å². The SMILES string of the molecule is Cc1c(Cl)cccc1NS(=O)(=O)c1ccc(NC(=O)c2cc(Br)ccc2Cl)cc1. The Bertz CT molecular complexity index is 1180. The first-order valence-electron chi connectivity index (χ1n) is 8.32. The summed E-state index contributed by atoms with van der Waals surface area (Å²) >= 11 is 15.4. The minimum Gasteiger partial charge on any atom is -0.322 e. The van der Waals surface area contributed by atoms with E-state index in [4.69, 9.17) is 23.2 Å². The van der Waals surface area contributed by atoms with Crippen molar-refractivity contribution in [1.29, 1.82) is 0 Å². The molecule has 0 fully saturated rings. The van der Waals surface area contributed by atoms with Crippen LogP contribution < -0.4 is 10.0 Å². The zero-order valence-electron chi connectivity index (χ0n) is 15.0. The molecule has 0 aliphatic heterocycles. The molecule has 0 saturated heterocycles. The lowest BCUT2D eigenvalue weighted by Gasteiger charge is -2.12. The van der Waals surface area contributed by atoms with Crippen LogP contribution in [0.4, 0.5) is 11.4 Å². The number of hydrogen-bond acceptors (Lipinski definition) is 3. The van der Waals surface area contributed by atoms with E-state index in [0.29, 0.717) is 32.5 Å². The van der Waals surface area contributed by atoms with Crippen LogP contribution in [0.25, 0.3) is 0 Å². The Balaban J connectivity index is 1.78. The Hall–Kier alpha value is -2.06. The van der Waals surface area contributed by atoms with Gasteiger partial charge in [-0.3, -0.25) is 9.52 Å². The van der Waals surface area contributed by atoms with Crippen molar-refractivity contribution in [3.63, 3.8) is 0 Å². The van der Waals surface area contributed by atoms with Gasteiger partial charge in [0.05, 0.1) is 21.2 Å². The number of benzene rings is 3. The predicted octanol–water partition coefficient (Wildman–Crippen LogP) is 6.12. The summed E-state index contributed by atoms with van der Waals surface area (Å²) in [5.41, 5.74) is 1.77. The fourth-order valence-electron chi connectivity index (χ4n) is 2.51. The number of carbonyl (C=O) groups excluding carboxylic acids is 1. The third-order valence-corrected chi connectivity index (χ3v) is 6.72.